The molecule has 11 heterocycles. The lowest BCUT2D eigenvalue weighted by Gasteiger charge is -2.16. The van der Waals surface area contributed by atoms with Crippen molar-refractivity contribution in [3.8, 4) is 0 Å². The zero-order chi connectivity index (χ0) is 101. The van der Waals surface area contributed by atoms with Crippen molar-refractivity contribution >= 4 is 17.9 Å². The molecule has 0 bridgehead atoms. The van der Waals surface area contributed by atoms with Crippen molar-refractivity contribution in [1.29, 1.82) is 0 Å². The number of rotatable bonds is 35. The summed E-state index contributed by atoms with van der Waals surface area (Å²) in [7, 11) is 9.61. The van der Waals surface area contributed by atoms with Crippen molar-refractivity contribution in [2.75, 3.05) is 67.9 Å². The SMILES string of the molecule is CCC(=O)O.CCC1COC(C)(C)O1.CCCC(=O)O.CCCCC(=O)O.CCCCN(C)C.CCCCc1cccnc1.CCCCc1ccncc1.CCCOC.CCCOCCOC.CCCc1ccccn1.CCCc1cccnc1.CCCc1ccncc1.CCCn1ccnc1.CCc1cccnc1.CCc1ccncc1.CCc1cnc[nH]1.CCc1cncn1C. The van der Waals surface area contributed by atoms with Gasteiger partial charge in [0.05, 0.1) is 44.9 Å². The zero-order valence-corrected chi connectivity index (χ0v) is 87.0. The molecule has 1 saturated heterocycles. The summed E-state index contributed by atoms with van der Waals surface area (Å²) in [5, 5.41) is 23.7. The summed E-state index contributed by atoms with van der Waals surface area (Å²) in [4.78, 5) is 73.5. The second-order valence-electron chi connectivity index (χ2n) is 30.7. The van der Waals surface area contributed by atoms with E-state index in [2.05, 4.69) is 224 Å². The minimum atomic E-state index is -0.745. The average Bonchev–Trinajstić information content (AvgIpc) is 1.76. The number of hydrogen-bond donors (Lipinski definition) is 4. The molecule has 1 atom stereocenters. The largest absolute Gasteiger partial charge is 0.481 e. The summed E-state index contributed by atoms with van der Waals surface area (Å²) >= 11 is 0. The first-order valence-electron chi connectivity index (χ1n) is 48.6. The Bertz CT molecular complexity index is 3680. The van der Waals surface area contributed by atoms with Crippen molar-refractivity contribution in [3.63, 3.8) is 0 Å². The summed E-state index contributed by atoms with van der Waals surface area (Å²) in [6.07, 6.45) is 66.3. The van der Waals surface area contributed by atoms with Gasteiger partial charge in [0.2, 0.25) is 0 Å². The fourth-order valence-electron chi connectivity index (χ4n) is 10.0. The van der Waals surface area contributed by atoms with Crippen LogP contribution in [-0.2, 0) is 109 Å². The third-order valence-corrected chi connectivity index (χ3v) is 17.6. The van der Waals surface area contributed by atoms with Gasteiger partial charge in [-0.1, -0.05) is 187 Å². The molecule has 1 fully saturated rings. The summed E-state index contributed by atoms with van der Waals surface area (Å²) < 4.78 is 29.4. The first kappa shape index (κ1) is 134. The maximum absolute atomic E-state index is 9.76. The Kier molecular flexibility index (Phi) is 106. The van der Waals surface area contributed by atoms with E-state index in [1.165, 1.54) is 140 Å². The highest BCUT2D eigenvalue weighted by atomic mass is 16.7. The Hall–Kier alpha value is -10.2. The number of carboxylic acids is 3. The van der Waals surface area contributed by atoms with Gasteiger partial charge in [0.25, 0.3) is 0 Å². The Labute approximate surface area is 806 Å². The van der Waals surface area contributed by atoms with Gasteiger partial charge >= 0.3 is 17.9 Å². The van der Waals surface area contributed by atoms with Crippen LogP contribution in [0.25, 0.3) is 0 Å². The molecule has 0 amide bonds. The normalized spacial score (nSPS) is 10.9. The Morgan fingerprint density at radius 3 is 1.22 bits per heavy atom. The van der Waals surface area contributed by atoms with Gasteiger partial charge in [-0.3, -0.25) is 49.3 Å². The van der Waals surface area contributed by atoms with Gasteiger partial charge in [-0.25, -0.2) is 15.0 Å². The highest BCUT2D eigenvalue weighted by Crippen LogP contribution is 2.23. The molecule has 0 radical (unpaired) electrons. The van der Waals surface area contributed by atoms with E-state index in [1.54, 1.807) is 46.1 Å². The number of hydrogen-bond acceptors (Lipinski definition) is 19. The van der Waals surface area contributed by atoms with Crippen LogP contribution in [0.3, 0.4) is 0 Å². The summed E-state index contributed by atoms with van der Waals surface area (Å²) in [6, 6.07) is 30.6. The van der Waals surface area contributed by atoms with Crippen LogP contribution in [0.1, 0.15) is 304 Å². The fraction of sp³-hybridized carbons (Fsp3) is 0.565. The van der Waals surface area contributed by atoms with Gasteiger partial charge in [0, 0.05) is 183 Å². The lowest BCUT2D eigenvalue weighted by Crippen LogP contribution is -2.21. The number of aliphatic carboxylic acids is 3. The predicted molar refractivity (Wildman–Crippen MR) is 552 cm³/mol. The van der Waals surface area contributed by atoms with E-state index in [0.29, 0.717) is 25.6 Å². The predicted octanol–water partition coefficient (Wildman–Crippen LogP) is 25.1. The molecule has 11 rings (SSSR count). The number of methoxy groups -OCH3 is 2. The number of aromatic amines is 1. The van der Waals surface area contributed by atoms with E-state index >= 15 is 0 Å². The van der Waals surface area contributed by atoms with Crippen LogP contribution >= 0.6 is 0 Å². The number of carbonyl (C=O) groups is 3. The fourth-order valence-corrected chi connectivity index (χ4v) is 10.0. The van der Waals surface area contributed by atoms with Gasteiger partial charge in [0.15, 0.2) is 5.79 Å². The Morgan fingerprint density at radius 2 is 0.932 bits per heavy atom. The lowest BCUT2D eigenvalue weighted by atomic mass is 10.1. The number of unbranched alkanes of at least 4 members (excludes halogenated alkanes) is 4. The third kappa shape index (κ3) is 102. The molecule has 10 aromatic rings. The highest BCUT2D eigenvalue weighted by molar-refractivity contribution is 5.67. The number of nitrogens with zero attached hydrogens (tertiary/aromatic N) is 13. The van der Waals surface area contributed by atoms with Crippen LogP contribution < -0.4 is 0 Å². The lowest BCUT2D eigenvalue weighted by molar-refractivity contribution is -0.138. The van der Waals surface area contributed by atoms with Gasteiger partial charge in [0.1, 0.15) is 0 Å². The van der Waals surface area contributed by atoms with E-state index in [0.717, 1.165) is 110 Å². The number of nitrogens with one attached hydrogen (secondary N) is 1. The summed E-state index contributed by atoms with van der Waals surface area (Å²) in [5.74, 6) is -2.48. The molecule has 0 aliphatic carbocycles. The summed E-state index contributed by atoms with van der Waals surface area (Å²) in [6.45, 7) is 45.6. The number of aromatic nitrogens is 13. The van der Waals surface area contributed by atoms with E-state index in [1.807, 2.05) is 181 Å². The maximum atomic E-state index is 9.76. The van der Waals surface area contributed by atoms with Crippen LogP contribution in [0.15, 0.2) is 215 Å². The quantitative estimate of drug-likeness (QED) is 0.0268. The number of H-pyrrole nitrogens is 1. The molecule has 25 nitrogen and oxygen atoms in total. The number of carboxylic acid groups (broad SMARTS) is 3. The van der Waals surface area contributed by atoms with Gasteiger partial charge < -0.3 is 58.0 Å². The molecule has 0 spiro atoms. The molecule has 0 aromatic carbocycles. The minimum Gasteiger partial charge on any atom is -0.481 e. The first-order valence-corrected chi connectivity index (χ1v) is 48.6. The smallest absolute Gasteiger partial charge is 0.303 e. The van der Waals surface area contributed by atoms with E-state index in [4.69, 9.17) is 39.0 Å². The zero-order valence-electron chi connectivity index (χ0n) is 87.0. The van der Waals surface area contributed by atoms with Crippen LogP contribution in [0, 0.1) is 0 Å². The standard InChI is InChI=1S/2C9H13N.3C8H11N.2C7H9N.C7H14O2.2C6H10N2.C6H15N.C6H14O2.C5H8N2.C5H10O2.C4H8O2.C4H10O.C3H6O2/c1-2-3-5-9-6-4-7-10-8-9;1-2-3-4-9-5-7-10-8-6-9;1-2-5-8-6-3-4-7-9-8;1-2-4-8-5-3-6-9-7-8;1-2-3-8-4-6-9-7-5-8;1-2-7-3-5-8-6-4-7;1-2-7-4-3-5-8-6-7;1-4-6-5-8-7(2,3)9-6;1-3-6-4-7-5-8(6)2;1-2-4-8-5-3-7-6-8;1-4-5-6-7(2)3;1-3-4-8-6-5-7-2;1-2-5-3-6-4-7-5;1-2-3-4-5(6)7;1-2-3-4(5)6;1-3-4-5-2;1-2-3(4)5/h4,6-8H,2-3,5H2,1H3;5-8H,2-4H2,1H3;3-4,6-7H,2,5H2,1H3;3,5-7H,2,4H2,1H3;4-7H,2-3H2,1H3;2*3-6H,2H2,1H3;6H,4-5H2,1-3H3;4-5H,3H2,1-2H3;3,5-6H,2,4H2,1H3;4-6H2,1-3H3;3-6H2,1-2H3;3-4H,2H2,1H3,(H,6,7);2-4H2,1H3,(H,6,7);2-3H2,1H3,(H,5,6);3-4H2,1-2H3;2H2,1H3,(H,4,5). The van der Waals surface area contributed by atoms with E-state index < -0.39 is 17.9 Å². The minimum absolute atomic E-state index is 0.222. The maximum Gasteiger partial charge on any atom is 0.303 e. The molecular formula is C108H182N14O11. The van der Waals surface area contributed by atoms with Crippen molar-refractivity contribution < 1.29 is 53.4 Å². The van der Waals surface area contributed by atoms with Crippen LogP contribution in [0.5, 0.6) is 0 Å². The third-order valence-electron chi connectivity index (χ3n) is 17.6. The molecule has 1 aliphatic heterocycles. The molecule has 750 valence electrons. The molecule has 1 aliphatic rings. The van der Waals surface area contributed by atoms with Crippen molar-refractivity contribution in [1.82, 2.24) is 68.9 Å². The Balaban J connectivity index is -0.000000323. The highest BCUT2D eigenvalue weighted by Gasteiger charge is 2.31. The number of pyridine rings is 7. The van der Waals surface area contributed by atoms with Gasteiger partial charge in [-0.2, -0.15) is 0 Å². The molecule has 0 saturated carbocycles. The molecule has 1 unspecified atom stereocenters. The van der Waals surface area contributed by atoms with Crippen molar-refractivity contribution in [2.45, 2.75) is 330 Å². The second kappa shape index (κ2) is 106. The number of ether oxygens (including phenoxy) is 5. The summed E-state index contributed by atoms with van der Waals surface area (Å²) in [5.41, 5.74) is 11.8. The van der Waals surface area contributed by atoms with Gasteiger partial charge in [-0.15, -0.1) is 0 Å². The van der Waals surface area contributed by atoms with Crippen LogP contribution in [0.2, 0.25) is 0 Å². The molecule has 133 heavy (non-hydrogen) atoms. The molecular weight excluding hydrogens is 1670 g/mol. The van der Waals surface area contributed by atoms with Crippen LogP contribution in [0.4, 0.5) is 0 Å². The van der Waals surface area contributed by atoms with E-state index in [-0.39, 0.29) is 12.2 Å². The monoisotopic (exact) mass is 1850 g/mol. The first-order chi connectivity index (χ1) is 64.3. The number of aryl methyl sites for hydroxylation is 11. The topological polar surface area (TPSA) is 316 Å². The molecule has 4 N–H and O–H groups in total. The van der Waals surface area contributed by atoms with Crippen molar-refractivity contribution in [2.24, 2.45) is 7.05 Å². The molecule has 10 aromatic heterocycles. The van der Waals surface area contributed by atoms with E-state index in [9.17, 15) is 14.4 Å². The Morgan fingerprint density at radius 1 is 0.436 bits per heavy atom. The van der Waals surface area contributed by atoms with Gasteiger partial charge in [-0.05, 0) is 250 Å². The van der Waals surface area contributed by atoms with Crippen LogP contribution in [-0.4, -0.2) is 182 Å². The van der Waals surface area contributed by atoms with Crippen molar-refractivity contribution in [3.05, 3.63) is 266 Å². The second-order valence-corrected chi connectivity index (χ2v) is 30.7. The number of imidazole rings is 3. The average molecular weight is 1850 g/mol. The molecule has 25 heteroatoms.